The number of nitriles is 1. The van der Waals surface area contributed by atoms with E-state index in [0.29, 0.717) is 11.3 Å². The minimum Gasteiger partial charge on any atom is -0.495 e. The minimum atomic E-state index is 0.626. The summed E-state index contributed by atoms with van der Waals surface area (Å²) in [5, 5.41) is 12.6. The van der Waals surface area contributed by atoms with Gasteiger partial charge in [0.2, 0.25) is 0 Å². The maximum Gasteiger partial charge on any atom is 0.136 e. The van der Waals surface area contributed by atoms with E-state index < -0.39 is 0 Å². The minimum absolute atomic E-state index is 0.626. The predicted molar refractivity (Wildman–Crippen MR) is 72.8 cm³/mol. The van der Waals surface area contributed by atoms with Gasteiger partial charge in [-0.15, -0.1) is 0 Å². The van der Waals surface area contributed by atoms with E-state index in [1.165, 1.54) is 18.7 Å². The summed E-state index contributed by atoms with van der Waals surface area (Å²) < 4.78 is 5.18. The first-order valence-corrected chi connectivity index (χ1v) is 6.80. The Balaban J connectivity index is 1.69. The molecule has 2 aliphatic rings. The molecular weight excluding hydrogens is 238 g/mol. The van der Waals surface area contributed by atoms with Crippen molar-refractivity contribution < 1.29 is 4.74 Å². The monoisotopic (exact) mass is 257 g/mol. The maximum absolute atomic E-state index is 9.11. The average Bonchev–Trinajstić information content (AvgIpc) is 2.99. The Bertz CT molecular complexity index is 497. The summed E-state index contributed by atoms with van der Waals surface area (Å²) in [5.41, 5.74) is 1.83. The van der Waals surface area contributed by atoms with Crippen LogP contribution in [0.1, 0.15) is 11.1 Å². The Morgan fingerprint density at radius 3 is 2.74 bits per heavy atom. The molecule has 4 nitrogen and oxygen atoms in total. The molecule has 100 valence electrons. The van der Waals surface area contributed by atoms with Crippen molar-refractivity contribution in [2.75, 3.05) is 33.3 Å². The number of benzene rings is 1. The van der Waals surface area contributed by atoms with E-state index in [0.717, 1.165) is 31.5 Å². The van der Waals surface area contributed by atoms with Crippen LogP contribution >= 0.6 is 0 Å². The van der Waals surface area contributed by atoms with Crippen molar-refractivity contribution in [2.24, 2.45) is 11.8 Å². The molecule has 4 heteroatoms. The number of hydrogen-bond donors (Lipinski definition) is 1. The van der Waals surface area contributed by atoms with Crippen LogP contribution in [0.2, 0.25) is 0 Å². The normalized spacial score (nSPS) is 26.1. The molecule has 2 atom stereocenters. The van der Waals surface area contributed by atoms with Gasteiger partial charge in [-0.2, -0.15) is 5.26 Å². The van der Waals surface area contributed by atoms with Crippen molar-refractivity contribution in [2.45, 2.75) is 6.54 Å². The van der Waals surface area contributed by atoms with Crippen molar-refractivity contribution in [3.63, 3.8) is 0 Å². The fourth-order valence-corrected chi connectivity index (χ4v) is 3.28. The summed E-state index contributed by atoms with van der Waals surface area (Å²) in [6.07, 6.45) is 0. The van der Waals surface area contributed by atoms with Crippen molar-refractivity contribution in [1.29, 1.82) is 5.26 Å². The second kappa shape index (κ2) is 5.20. The Kier molecular flexibility index (Phi) is 3.41. The molecule has 2 saturated heterocycles. The Hall–Kier alpha value is -1.57. The van der Waals surface area contributed by atoms with Gasteiger partial charge >= 0.3 is 0 Å². The molecule has 0 spiro atoms. The van der Waals surface area contributed by atoms with Crippen LogP contribution in [-0.2, 0) is 6.54 Å². The highest BCUT2D eigenvalue weighted by Gasteiger charge is 2.35. The summed E-state index contributed by atoms with van der Waals surface area (Å²) in [5.74, 6) is 2.29. The standard InChI is InChI=1S/C15H19N3O/c1-19-15-3-2-11(4-12(15)5-16)8-18-9-13-6-17-7-14(13)10-18/h2-4,13-14,17H,6-10H2,1H3/t13-,14+. The Labute approximate surface area is 114 Å². The highest BCUT2D eigenvalue weighted by Crippen LogP contribution is 2.28. The van der Waals surface area contributed by atoms with Gasteiger partial charge < -0.3 is 10.1 Å². The van der Waals surface area contributed by atoms with Gasteiger partial charge in [0.05, 0.1) is 12.7 Å². The molecule has 0 unspecified atom stereocenters. The molecule has 2 heterocycles. The second-order valence-electron chi connectivity index (χ2n) is 5.52. The molecule has 0 radical (unpaired) electrons. The fourth-order valence-electron chi connectivity index (χ4n) is 3.28. The molecule has 2 fully saturated rings. The van der Waals surface area contributed by atoms with Crippen molar-refractivity contribution in [3.8, 4) is 11.8 Å². The van der Waals surface area contributed by atoms with E-state index >= 15 is 0 Å². The van der Waals surface area contributed by atoms with Crippen LogP contribution in [-0.4, -0.2) is 38.2 Å². The molecule has 0 aliphatic carbocycles. The predicted octanol–water partition coefficient (Wildman–Crippen LogP) is 1.22. The van der Waals surface area contributed by atoms with Crippen LogP contribution < -0.4 is 10.1 Å². The van der Waals surface area contributed by atoms with E-state index in [-0.39, 0.29) is 0 Å². The summed E-state index contributed by atoms with van der Waals surface area (Å²) >= 11 is 0. The molecular formula is C15H19N3O. The molecule has 19 heavy (non-hydrogen) atoms. The highest BCUT2D eigenvalue weighted by atomic mass is 16.5. The first-order chi connectivity index (χ1) is 9.30. The van der Waals surface area contributed by atoms with Crippen LogP contribution in [0.3, 0.4) is 0 Å². The lowest BCUT2D eigenvalue weighted by atomic mass is 10.0. The number of likely N-dealkylation sites (tertiary alicyclic amines) is 1. The number of nitrogens with zero attached hydrogens (tertiary/aromatic N) is 2. The zero-order valence-corrected chi connectivity index (χ0v) is 11.2. The Morgan fingerprint density at radius 2 is 2.11 bits per heavy atom. The van der Waals surface area contributed by atoms with E-state index in [1.54, 1.807) is 7.11 Å². The lowest BCUT2D eigenvalue weighted by Crippen LogP contribution is -2.25. The Morgan fingerprint density at radius 1 is 1.37 bits per heavy atom. The molecule has 0 aromatic heterocycles. The van der Waals surface area contributed by atoms with Crippen LogP contribution in [0.4, 0.5) is 0 Å². The molecule has 0 amide bonds. The van der Waals surface area contributed by atoms with E-state index in [1.807, 2.05) is 12.1 Å². The van der Waals surface area contributed by atoms with Gasteiger partial charge in [-0.25, -0.2) is 0 Å². The van der Waals surface area contributed by atoms with Crippen LogP contribution in [0.15, 0.2) is 18.2 Å². The van der Waals surface area contributed by atoms with Crippen LogP contribution in [0.25, 0.3) is 0 Å². The molecule has 0 saturated carbocycles. The lowest BCUT2D eigenvalue weighted by Gasteiger charge is -2.17. The van der Waals surface area contributed by atoms with Crippen molar-refractivity contribution in [3.05, 3.63) is 29.3 Å². The third-order valence-corrected chi connectivity index (χ3v) is 4.26. The zero-order valence-electron chi connectivity index (χ0n) is 11.2. The first-order valence-electron chi connectivity index (χ1n) is 6.80. The molecule has 2 aliphatic heterocycles. The van der Waals surface area contributed by atoms with Crippen LogP contribution in [0, 0.1) is 23.2 Å². The molecule has 3 rings (SSSR count). The quantitative estimate of drug-likeness (QED) is 0.884. The summed E-state index contributed by atoms with van der Waals surface area (Å²) in [6, 6.07) is 8.10. The zero-order chi connectivity index (χ0) is 13.2. The SMILES string of the molecule is COc1ccc(CN2C[C@H]3CNC[C@H]3C2)cc1C#N. The number of rotatable bonds is 3. The van der Waals surface area contributed by atoms with Gasteiger partial charge in [-0.05, 0) is 42.6 Å². The number of methoxy groups -OCH3 is 1. The van der Waals surface area contributed by atoms with E-state index in [2.05, 4.69) is 22.4 Å². The van der Waals surface area contributed by atoms with Crippen molar-refractivity contribution in [1.82, 2.24) is 10.2 Å². The third kappa shape index (κ3) is 2.44. The third-order valence-electron chi connectivity index (χ3n) is 4.26. The van der Waals surface area contributed by atoms with E-state index in [9.17, 15) is 0 Å². The highest BCUT2D eigenvalue weighted by molar-refractivity contribution is 5.45. The van der Waals surface area contributed by atoms with Gasteiger partial charge in [0.25, 0.3) is 0 Å². The van der Waals surface area contributed by atoms with Gasteiger partial charge in [-0.1, -0.05) is 6.07 Å². The fraction of sp³-hybridized carbons (Fsp3) is 0.533. The maximum atomic E-state index is 9.11. The van der Waals surface area contributed by atoms with Crippen molar-refractivity contribution >= 4 is 0 Å². The molecule has 1 aromatic carbocycles. The second-order valence-corrected chi connectivity index (χ2v) is 5.52. The molecule has 0 bridgehead atoms. The lowest BCUT2D eigenvalue weighted by molar-refractivity contribution is 0.305. The largest absolute Gasteiger partial charge is 0.495 e. The summed E-state index contributed by atoms with van der Waals surface area (Å²) in [4.78, 5) is 2.50. The van der Waals surface area contributed by atoms with Gasteiger partial charge in [0, 0.05) is 19.6 Å². The van der Waals surface area contributed by atoms with Gasteiger partial charge in [-0.3, -0.25) is 4.90 Å². The summed E-state index contributed by atoms with van der Waals surface area (Å²) in [6.45, 7) is 5.60. The average molecular weight is 257 g/mol. The molecule has 1 aromatic rings. The number of ether oxygens (including phenoxy) is 1. The number of nitrogens with one attached hydrogen (secondary N) is 1. The van der Waals surface area contributed by atoms with Gasteiger partial charge in [0.1, 0.15) is 11.8 Å². The number of fused-ring (bicyclic) bond motifs is 1. The number of hydrogen-bond acceptors (Lipinski definition) is 4. The topological polar surface area (TPSA) is 48.3 Å². The smallest absolute Gasteiger partial charge is 0.136 e. The first kappa shape index (κ1) is 12.5. The van der Waals surface area contributed by atoms with E-state index in [4.69, 9.17) is 10.00 Å². The van der Waals surface area contributed by atoms with Gasteiger partial charge in [0.15, 0.2) is 0 Å². The summed E-state index contributed by atoms with van der Waals surface area (Å²) in [7, 11) is 1.60. The molecule has 1 N–H and O–H groups in total. The van der Waals surface area contributed by atoms with Crippen LogP contribution in [0.5, 0.6) is 5.75 Å².